The van der Waals surface area contributed by atoms with Gasteiger partial charge in [-0.1, -0.05) is 42.5 Å². The molecular formula is C25H20N2O6S. The highest BCUT2D eigenvalue weighted by Gasteiger charge is 2.22. The molecule has 34 heavy (non-hydrogen) atoms. The number of rotatable bonds is 7. The fourth-order valence-electron chi connectivity index (χ4n) is 3.33. The van der Waals surface area contributed by atoms with Gasteiger partial charge in [-0.05, 0) is 36.4 Å². The molecule has 0 atom stereocenters. The number of nitrogens with one attached hydrogen (secondary N) is 1. The second kappa shape index (κ2) is 9.72. The highest BCUT2D eigenvalue weighted by atomic mass is 32.2. The number of benzene rings is 3. The number of carbonyl (C=O) groups excluding carboxylic acids is 2. The van der Waals surface area contributed by atoms with E-state index < -0.39 is 21.9 Å². The summed E-state index contributed by atoms with van der Waals surface area (Å²) in [6, 6.07) is 21.2. The molecule has 0 fully saturated rings. The number of aromatic nitrogens is 1. The number of amides is 1. The van der Waals surface area contributed by atoms with Crippen molar-refractivity contribution >= 4 is 32.7 Å². The maximum atomic E-state index is 13.0. The van der Waals surface area contributed by atoms with E-state index in [9.17, 15) is 18.0 Å². The lowest BCUT2D eigenvalue weighted by molar-refractivity contribution is 0.0467. The summed E-state index contributed by atoms with van der Waals surface area (Å²) in [5, 5.41) is 1.03. The molecule has 0 saturated heterocycles. The van der Waals surface area contributed by atoms with Gasteiger partial charge in [0.15, 0.2) is 0 Å². The van der Waals surface area contributed by atoms with Crippen molar-refractivity contribution in [3.63, 3.8) is 0 Å². The van der Waals surface area contributed by atoms with Crippen molar-refractivity contribution < 1.29 is 27.5 Å². The van der Waals surface area contributed by atoms with Gasteiger partial charge < -0.3 is 9.47 Å². The number of sulfonamides is 1. The van der Waals surface area contributed by atoms with Gasteiger partial charge in [-0.2, -0.15) is 0 Å². The van der Waals surface area contributed by atoms with Crippen LogP contribution in [0.25, 0.3) is 10.8 Å². The van der Waals surface area contributed by atoms with Gasteiger partial charge in [-0.3, -0.25) is 9.78 Å². The first-order valence-corrected chi connectivity index (χ1v) is 11.7. The smallest absolute Gasteiger partial charge is 0.338 e. The molecule has 9 heteroatoms. The number of methoxy groups -OCH3 is 1. The number of fused-ring (bicyclic) bond motifs is 1. The highest BCUT2D eigenvalue weighted by molar-refractivity contribution is 7.90. The molecule has 0 aliphatic carbocycles. The molecule has 0 bridgehead atoms. The van der Waals surface area contributed by atoms with E-state index >= 15 is 0 Å². The summed E-state index contributed by atoms with van der Waals surface area (Å²) in [4.78, 5) is 28.7. The zero-order valence-electron chi connectivity index (χ0n) is 18.1. The van der Waals surface area contributed by atoms with Crippen molar-refractivity contribution in [3.05, 3.63) is 102 Å². The normalized spacial score (nSPS) is 11.1. The van der Waals surface area contributed by atoms with Gasteiger partial charge in [0.2, 0.25) is 0 Å². The predicted octanol–water partition coefficient (Wildman–Crippen LogP) is 3.72. The first kappa shape index (κ1) is 22.9. The summed E-state index contributed by atoms with van der Waals surface area (Å²) in [5.74, 6) is -0.809. The van der Waals surface area contributed by atoms with Crippen molar-refractivity contribution in [2.45, 2.75) is 11.5 Å². The van der Waals surface area contributed by atoms with Crippen LogP contribution in [0.2, 0.25) is 0 Å². The second-order valence-corrected chi connectivity index (χ2v) is 8.88. The summed E-state index contributed by atoms with van der Waals surface area (Å²) in [7, 11) is -2.68. The van der Waals surface area contributed by atoms with E-state index in [4.69, 9.17) is 9.47 Å². The van der Waals surface area contributed by atoms with Crippen LogP contribution in [0.15, 0.2) is 90.0 Å². The molecule has 0 radical (unpaired) electrons. The quantitative estimate of drug-likeness (QED) is 0.405. The lowest BCUT2D eigenvalue weighted by Gasteiger charge is -2.12. The summed E-state index contributed by atoms with van der Waals surface area (Å²) >= 11 is 0. The highest BCUT2D eigenvalue weighted by Crippen LogP contribution is 2.30. The topological polar surface area (TPSA) is 112 Å². The largest absolute Gasteiger partial charge is 0.496 e. The van der Waals surface area contributed by atoms with Gasteiger partial charge in [0, 0.05) is 17.0 Å². The molecule has 0 aliphatic rings. The third kappa shape index (κ3) is 4.89. The van der Waals surface area contributed by atoms with Crippen molar-refractivity contribution in [2.24, 2.45) is 0 Å². The van der Waals surface area contributed by atoms with Gasteiger partial charge >= 0.3 is 5.97 Å². The van der Waals surface area contributed by atoms with Crippen LogP contribution in [0, 0.1) is 0 Å². The average molecular weight is 477 g/mol. The Labute approximate surface area is 196 Å². The number of ether oxygens (including phenoxy) is 2. The first-order chi connectivity index (χ1) is 16.4. The predicted molar refractivity (Wildman–Crippen MR) is 125 cm³/mol. The molecule has 3 aromatic carbocycles. The lowest BCUT2D eigenvalue weighted by Crippen LogP contribution is -2.30. The number of nitrogens with zero attached hydrogens (tertiary/aromatic N) is 1. The standard InChI is InChI=1S/C25H20N2O6S/c1-32-22-13-14-23(21-10-6-5-9-20(21)22)34(30,31)27-24(28)18-11-12-19(26-15-18)16-33-25(29)17-7-3-2-4-8-17/h2-15H,16H2,1H3,(H,27,28). The zero-order valence-corrected chi connectivity index (χ0v) is 18.9. The summed E-state index contributed by atoms with van der Waals surface area (Å²) < 4.78 is 38.5. The molecule has 0 aliphatic heterocycles. The molecule has 4 aromatic rings. The van der Waals surface area contributed by atoms with Gasteiger partial charge in [-0.25, -0.2) is 17.9 Å². The third-order valence-corrected chi connectivity index (χ3v) is 6.42. The third-order valence-electron chi connectivity index (χ3n) is 5.03. The number of hydrogen-bond donors (Lipinski definition) is 1. The number of pyridine rings is 1. The van der Waals surface area contributed by atoms with Crippen LogP contribution in [0.3, 0.4) is 0 Å². The second-order valence-electron chi connectivity index (χ2n) is 7.23. The Morgan fingerprint density at radius 1 is 0.853 bits per heavy atom. The molecule has 1 heterocycles. The maximum Gasteiger partial charge on any atom is 0.338 e. The Hall–Kier alpha value is -4.24. The molecule has 1 N–H and O–H groups in total. The Balaban J connectivity index is 1.46. The van der Waals surface area contributed by atoms with E-state index in [1.54, 1.807) is 54.6 Å². The van der Waals surface area contributed by atoms with Crippen molar-refractivity contribution in [3.8, 4) is 5.75 Å². The molecule has 172 valence electrons. The van der Waals surface area contributed by atoms with E-state index in [0.29, 0.717) is 27.8 Å². The maximum absolute atomic E-state index is 13.0. The first-order valence-electron chi connectivity index (χ1n) is 10.2. The minimum atomic E-state index is -4.17. The van der Waals surface area contributed by atoms with Crippen LogP contribution >= 0.6 is 0 Å². The number of hydrogen-bond acceptors (Lipinski definition) is 7. The average Bonchev–Trinajstić information content (AvgIpc) is 2.87. The van der Waals surface area contributed by atoms with Gasteiger partial charge in [0.1, 0.15) is 12.4 Å². The minimum absolute atomic E-state index is 0.0412. The molecule has 0 saturated carbocycles. The van der Waals surface area contributed by atoms with Crippen LogP contribution in [-0.4, -0.2) is 32.4 Å². The van der Waals surface area contributed by atoms with Crippen molar-refractivity contribution in [2.75, 3.05) is 7.11 Å². The van der Waals surface area contributed by atoms with E-state index in [1.165, 1.54) is 37.6 Å². The van der Waals surface area contributed by atoms with Gasteiger partial charge in [-0.15, -0.1) is 0 Å². The lowest BCUT2D eigenvalue weighted by atomic mass is 10.1. The zero-order chi connectivity index (χ0) is 24.1. The van der Waals surface area contributed by atoms with Gasteiger partial charge in [0.25, 0.3) is 15.9 Å². The molecule has 4 rings (SSSR count). The van der Waals surface area contributed by atoms with E-state index in [0.717, 1.165) is 0 Å². The van der Waals surface area contributed by atoms with Gasteiger partial charge in [0.05, 0.1) is 28.8 Å². The monoisotopic (exact) mass is 476 g/mol. The fourth-order valence-corrected chi connectivity index (χ4v) is 4.52. The Kier molecular flexibility index (Phi) is 6.55. The fraction of sp³-hybridized carbons (Fsp3) is 0.0800. The minimum Gasteiger partial charge on any atom is -0.496 e. The molecule has 1 amide bonds. The van der Waals surface area contributed by atoms with E-state index in [-0.39, 0.29) is 17.1 Å². The van der Waals surface area contributed by atoms with Crippen LogP contribution in [0.4, 0.5) is 0 Å². The molecule has 8 nitrogen and oxygen atoms in total. The Morgan fingerprint density at radius 3 is 2.24 bits per heavy atom. The molecule has 1 aromatic heterocycles. The summed E-state index contributed by atoms with van der Waals surface area (Å²) in [5.41, 5.74) is 0.860. The Morgan fingerprint density at radius 2 is 1.56 bits per heavy atom. The van der Waals surface area contributed by atoms with E-state index in [1.807, 2.05) is 0 Å². The summed E-state index contributed by atoms with van der Waals surface area (Å²) in [6.07, 6.45) is 1.22. The molecular weight excluding hydrogens is 456 g/mol. The van der Waals surface area contributed by atoms with Crippen LogP contribution in [-0.2, 0) is 21.4 Å². The van der Waals surface area contributed by atoms with Crippen LogP contribution < -0.4 is 9.46 Å². The molecule has 0 unspecified atom stereocenters. The van der Waals surface area contributed by atoms with Crippen molar-refractivity contribution in [1.82, 2.24) is 9.71 Å². The SMILES string of the molecule is COc1ccc(S(=O)(=O)NC(=O)c2ccc(COC(=O)c3ccccc3)nc2)c2ccccc12. The summed E-state index contributed by atoms with van der Waals surface area (Å²) in [6.45, 7) is -0.0915. The van der Waals surface area contributed by atoms with Crippen LogP contribution in [0.5, 0.6) is 5.75 Å². The van der Waals surface area contributed by atoms with Crippen molar-refractivity contribution in [1.29, 1.82) is 0 Å². The number of carbonyl (C=O) groups is 2. The van der Waals surface area contributed by atoms with E-state index in [2.05, 4.69) is 9.71 Å². The molecule has 0 spiro atoms. The Bertz CT molecular complexity index is 1450. The number of esters is 1. The van der Waals surface area contributed by atoms with Crippen LogP contribution in [0.1, 0.15) is 26.4 Å².